The number of fused-ring (bicyclic) bond motifs is 14. The summed E-state index contributed by atoms with van der Waals surface area (Å²) in [5.74, 6) is 0. The highest BCUT2D eigenvalue weighted by Crippen LogP contribution is 2.63. The summed E-state index contributed by atoms with van der Waals surface area (Å²) in [6.45, 7) is 0. The van der Waals surface area contributed by atoms with Gasteiger partial charge in [-0.1, -0.05) is 279 Å². The third kappa shape index (κ3) is 7.54. The largest absolute Gasteiger partial charge is 0.310 e. The van der Waals surface area contributed by atoms with Gasteiger partial charge in [0.15, 0.2) is 0 Å². The Morgan fingerprint density at radius 2 is 0.741 bits per heavy atom. The van der Waals surface area contributed by atoms with Gasteiger partial charge in [-0.15, -0.1) is 0 Å². The zero-order valence-corrected chi connectivity index (χ0v) is 44.6. The number of anilines is 3. The molecule has 0 fully saturated rings. The first-order chi connectivity index (χ1) is 40.2. The van der Waals surface area contributed by atoms with Crippen molar-refractivity contribution in [2.75, 3.05) is 4.90 Å². The predicted octanol–water partition coefficient (Wildman–Crippen LogP) is 21.2. The summed E-state index contributed by atoms with van der Waals surface area (Å²) in [7, 11) is 0. The molecule has 378 valence electrons. The average molecular weight is 1030 g/mol. The maximum atomic E-state index is 2.56. The SMILES string of the molecule is C(=C(\Cc1ccc2c(c1)C1(c3ccccc3-2)c2ccccc2-c2ccc(N(c3ccc(-c4cccc5ccccc45)cc3)c3cccc4ccccc34)cc21)c1ccc(-c2cccc3ccccc23)cc1)/c1cccc2ccccc12. The maximum Gasteiger partial charge on any atom is 0.0726 e. The molecule has 1 heteroatoms. The molecule has 0 heterocycles. The van der Waals surface area contributed by atoms with Crippen LogP contribution in [0.1, 0.15) is 38.9 Å². The molecule has 81 heavy (non-hydrogen) atoms. The van der Waals surface area contributed by atoms with Gasteiger partial charge in [-0.05, 0) is 163 Å². The van der Waals surface area contributed by atoms with E-state index >= 15 is 0 Å². The molecule has 1 nitrogen and oxygen atoms in total. The molecule has 1 spiro atoms. The quantitative estimate of drug-likeness (QED) is 0.130. The first-order valence-electron chi connectivity index (χ1n) is 28.3. The van der Waals surface area contributed by atoms with Crippen LogP contribution in [0.25, 0.3) is 99.2 Å². The topological polar surface area (TPSA) is 3.24 Å². The van der Waals surface area contributed by atoms with Crippen LogP contribution in [0.15, 0.2) is 303 Å². The molecule has 2 aliphatic carbocycles. The molecule has 1 unspecified atom stereocenters. The third-order valence-corrected chi connectivity index (χ3v) is 17.5. The van der Waals surface area contributed by atoms with Crippen LogP contribution in [-0.2, 0) is 11.8 Å². The second kappa shape index (κ2) is 18.9. The van der Waals surface area contributed by atoms with Crippen molar-refractivity contribution >= 4 is 71.8 Å². The van der Waals surface area contributed by atoms with E-state index < -0.39 is 5.41 Å². The van der Waals surface area contributed by atoms with E-state index in [1.165, 1.54) is 132 Å². The van der Waals surface area contributed by atoms with Crippen molar-refractivity contribution in [1.82, 2.24) is 0 Å². The van der Waals surface area contributed by atoms with Crippen molar-refractivity contribution in [2.24, 2.45) is 0 Å². The standard InChI is InChI=1S/C80H53N/c1-5-26-65-55(17-1)21-13-25-61(65)51-62(54-38-40-59(41-39-54)68-32-14-22-56-18-2-6-27-66(56)68)49-53-37-47-73-71-30-9-11-34-75(71)80(77(73)50-53)76-35-12-10-31-72(76)74-48-46-64(52-78(74)80)81(79-36-16-24-58-20-4-8-29-70(58)79)63-44-42-60(43-45-63)69-33-15-23-57-19-3-7-28-67(57)69/h1-48,50-52H,49H2/b62-51-. The van der Waals surface area contributed by atoms with E-state index in [9.17, 15) is 0 Å². The molecule has 0 saturated heterocycles. The van der Waals surface area contributed by atoms with E-state index in [-0.39, 0.29) is 0 Å². The summed E-state index contributed by atoms with van der Waals surface area (Å²) in [6.07, 6.45) is 3.19. The lowest BCUT2D eigenvalue weighted by Gasteiger charge is -2.32. The highest BCUT2D eigenvalue weighted by molar-refractivity contribution is 6.03. The Morgan fingerprint density at radius 1 is 0.309 bits per heavy atom. The molecule has 0 amide bonds. The summed E-state index contributed by atoms with van der Waals surface area (Å²) in [4.78, 5) is 2.49. The molecule has 14 aromatic rings. The minimum Gasteiger partial charge on any atom is -0.310 e. The van der Waals surface area contributed by atoms with Gasteiger partial charge in [0.1, 0.15) is 0 Å². The second-order valence-corrected chi connectivity index (χ2v) is 21.9. The number of allylic oxidation sites excluding steroid dienone is 1. The molecule has 0 saturated carbocycles. The number of benzene rings is 14. The minimum atomic E-state index is -0.577. The zero-order chi connectivity index (χ0) is 53.4. The van der Waals surface area contributed by atoms with Gasteiger partial charge in [-0.2, -0.15) is 0 Å². The van der Waals surface area contributed by atoms with Gasteiger partial charge in [-0.3, -0.25) is 0 Å². The summed E-state index contributed by atoms with van der Waals surface area (Å²) in [5.41, 5.74) is 23.1. The maximum absolute atomic E-state index is 2.56. The molecule has 16 rings (SSSR count). The lowest BCUT2D eigenvalue weighted by atomic mass is 9.70. The highest BCUT2D eigenvalue weighted by Gasteiger charge is 2.52. The lowest BCUT2D eigenvalue weighted by molar-refractivity contribution is 0.792. The van der Waals surface area contributed by atoms with Crippen LogP contribution < -0.4 is 4.90 Å². The summed E-state index contributed by atoms with van der Waals surface area (Å²) in [5, 5.41) is 9.92. The van der Waals surface area contributed by atoms with Crippen LogP contribution in [0, 0.1) is 0 Å². The Morgan fingerprint density at radius 3 is 1.37 bits per heavy atom. The fraction of sp³-hybridized carbons (Fsp3) is 0.0250. The van der Waals surface area contributed by atoms with Crippen molar-refractivity contribution in [3.05, 3.63) is 342 Å². The average Bonchev–Trinajstić information content (AvgIpc) is 2.01. The summed E-state index contributed by atoms with van der Waals surface area (Å²) >= 11 is 0. The van der Waals surface area contributed by atoms with Crippen LogP contribution >= 0.6 is 0 Å². The number of rotatable bonds is 9. The van der Waals surface area contributed by atoms with E-state index in [4.69, 9.17) is 0 Å². The zero-order valence-electron chi connectivity index (χ0n) is 44.6. The fourth-order valence-electron chi connectivity index (χ4n) is 13.9. The van der Waals surface area contributed by atoms with Crippen LogP contribution in [0.5, 0.6) is 0 Å². The Balaban J connectivity index is 0.866. The van der Waals surface area contributed by atoms with E-state index in [0.717, 1.165) is 23.5 Å². The lowest BCUT2D eigenvalue weighted by Crippen LogP contribution is -2.26. The van der Waals surface area contributed by atoms with Crippen LogP contribution in [0.2, 0.25) is 0 Å². The molecule has 2 aliphatic rings. The van der Waals surface area contributed by atoms with E-state index in [1.807, 2.05) is 0 Å². The number of hydrogen-bond donors (Lipinski definition) is 0. The molecule has 0 bridgehead atoms. The van der Waals surface area contributed by atoms with Crippen LogP contribution in [0.4, 0.5) is 17.1 Å². The Kier molecular flexibility index (Phi) is 10.9. The molecule has 0 radical (unpaired) electrons. The Hall–Kier alpha value is -10.3. The van der Waals surface area contributed by atoms with Gasteiger partial charge in [0, 0.05) is 16.8 Å². The molecule has 14 aromatic carbocycles. The predicted molar refractivity (Wildman–Crippen MR) is 343 cm³/mol. The van der Waals surface area contributed by atoms with Gasteiger partial charge < -0.3 is 4.90 Å². The third-order valence-electron chi connectivity index (χ3n) is 17.5. The Labute approximate surface area is 472 Å². The summed E-state index contributed by atoms with van der Waals surface area (Å²) < 4.78 is 0. The van der Waals surface area contributed by atoms with Crippen molar-refractivity contribution in [3.8, 4) is 44.5 Å². The van der Waals surface area contributed by atoms with Gasteiger partial charge in [0.05, 0.1) is 11.1 Å². The van der Waals surface area contributed by atoms with Gasteiger partial charge in [0.25, 0.3) is 0 Å². The van der Waals surface area contributed by atoms with Gasteiger partial charge in [0.2, 0.25) is 0 Å². The normalized spacial score (nSPS) is 14.1. The van der Waals surface area contributed by atoms with Crippen LogP contribution in [0.3, 0.4) is 0 Å². The highest BCUT2D eigenvalue weighted by atomic mass is 15.1. The van der Waals surface area contributed by atoms with Crippen molar-refractivity contribution < 1.29 is 0 Å². The van der Waals surface area contributed by atoms with E-state index in [0.29, 0.717) is 0 Å². The van der Waals surface area contributed by atoms with Crippen molar-refractivity contribution in [1.29, 1.82) is 0 Å². The van der Waals surface area contributed by atoms with Gasteiger partial charge in [-0.25, -0.2) is 0 Å². The first-order valence-corrected chi connectivity index (χ1v) is 28.3. The fourth-order valence-corrected chi connectivity index (χ4v) is 13.9. The van der Waals surface area contributed by atoms with Crippen molar-refractivity contribution in [2.45, 2.75) is 11.8 Å². The monoisotopic (exact) mass is 1030 g/mol. The molecule has 0 aliphatic heterocycles. The molecule has 0 aromatic heterocycles. The van der Waals surface area contributed by atoms with Crippen LogP contribution in [-0.4, -0.2) is 0 Å². The minimum absolute atomic E-state index is 0.577. The molecule has 1 atom stereocenters. The van der Waals surface area contributed by atoms with Gasteiger partial charge >= 0.3 is 0 Å². The molecular weight excluding hydrogens is 975 g/mol. The first kappa shape index (κ1) is 46.7. The number of hydrogen-bond acceptors (Lipinski definition) is 1. The second-order valence-electron chi connectivity index (χ2n) is 21.9. The van der Waals surface area contributed by atoms with E-state index in [2.05, 4.69) is 314 Å². The molecular formula is C80H53N. The van der Waals surface area contributed by atoms with E-state index in [1.54, 1.807) is 0 Å². The Bertz CT molecular complexity index is 4810. The smallest absolute Gasteiger partial charge is 0.0726 e. The number of nitrogens with zero attached hydrogens (tertiary/aromatic N) is 1. The summed E-state index contributed by atoms with van der Waals surface area (Å²) in [6, 6.07) is 113. The molecule has 0 N–H and O–H groups in total. The van der Waals surface area contributed by atoms with Crippen molar-refractivity contribution in [3.63, 3.8) is 0 Å².